The number of nitrogens with zero attached hydrogens (tertiary/aromatic N) is 3. The van der Waals surface area contributed by atoms with Crippen LogP contribution in [0.15, 0.2) is 42.5 Å². The Kier molecular flexibility index (Phi) is 8.50. The second-order valence-corrected chi connectivity index (χ2v) is 6.96. The van der Waals surface area contributed by atoms with Crippen LogP contribution in [-0.4, -0.2) is 35.8 Å². The lowest BCUT2D eigenvalue weighted by Gasteiger charge is -2.17. The van der Waals surface area contributed by atoms with Gasteiger partial charge in [0.25, 0.3) is 0 Å². The van der Waals surface area contributed by atoms with Crippen LogP contribution in [0.5, 0.6) is 5.75 Å². The molecule has 0 aliphatic carbocycles. The van der Waals surface area contributed by atoms with Crippen molar-refractivity contribution in [1.82, 2.24) is 9.55 Å². The Hall–Kier alpha value is -2.55. The number of imidazole rings is 1. The van der Waals surface area contributed by atoms with Gasteiger partial charge in [-0.3, -0.25) is 0 Å². The Bertz CT molecular complexity index is 955. The number of quaternary nitrogens is 1. The van der Waals surface area contributed by atoms with E-state index in [1.165, 1.54) is 5.56 Å². The maximum atomic E-state index is 9.22. The quantitative estimate of drug-likeness (QED) is 0.530. The van der Waals surface area contributed by atoms with Gasteiger partial charge in [-0.2, -0.15) is 5.26 Å². The van der Waals surface area contributed by atoms with Gasteiger partial charge < -0.3 is 26.6 Å². The van der Waals surface area contributed by atoms with Crippen molar-refractivity contribution in [2.24, 2.45) is 0 Å². The molecule has 0 aliphatic heterocycles. The summed E-state index contributed by atoms with van der Waals surface area (Å²) in [5.41, 5.74) is 3.86. The molecular weight excluding hydrogens is 384 g/mol. The zero-order valence-electron chi connectivity index (χ0n) is 17.4. The third-order valence-corrected chi connectivity index (χ3v) is 5.24. The fourth-order valence-electron chi connectivity index (χ4n) is 3.56. The van der Waals surface area contributed by atoms with Gasteiger partial charge in [0.15, 0.2) is 0 Å². The van der Waals surface area contributed by atoms with E-state index in [4.69, 9.17) is 9.72 Å². The summed E-state index contributed by atoms with van der Waals surface area (Å²) in [6.45, 7) is 11.3. The van der Waals surface area contributed by atoms with Gasteiger partial charge in [0.2, 0.25) is 0 Å². The highest BCUT2D eigenvalue weighted by atomic mass is 35.5. The Labute approximate surface area is 179 Å². The molecule has 0 radical (unpaired) electrons. The zero-order chi connectivity index (χ0) is 19.9. The molecule has 5 nitrogen and oxygen atoms in total. The van der Waals surface area contributed by atoms with E-state index in [1.807, 2.05) is 37.3 Å². The van der Waals surface area contributed by atoms with Crippen LogP contribution in [0, 0.1) is 11.3 Å². The van der Waals surface area contributed by atoms with Crippen molar-refractivity contribution in [2.75, 3.05) is 26.2 Å². The Balaban J connectivity index is 0.00000300. The number of aromatic nitrogens is 2. The van der Waals surface area contributed by atoms with E-state index in [1.54, 1.807) is 4.90 Å². The second-order valence-electron chi connectivity index (χ2n) is 6.96. The molecule has 29 heavy (non-hydrogen) atoms. The van der Waals surface area contributed by atoms with Crippen molar-refractivity contribution < 1.29 is 22.0 Å². The normalized spacial score (nSPS) is 10.7. The monoisotopic (exact) mass is 412 g/mol. The smallest absolute Gasteiger partial charge is 0.119 e. The van der Waals surface area contributed by atoms with Gasteiger partial charge in [0.1, 0.15) is 11.6 Å². The first-order chi connectivity index (χ1) is 13.7. The van der Waals surface area contributed by atoms with Crippen molar-refractivity contribution >= 4 is 11.0 Å². The minimum Gasteiger partial charge on any atom is -1.00 e. The number of ether oxygens (including phenoxy) is 1. The van der Waals surface area contributed by atoms with Crippen molar-refractivity contribution in [2.45, 2.75) is 33.7 Å². The molecule has 1 aromatic heterocycles. The molecule has 0 bridgehead atoms. The van der Waals surface area contributed by atoms with E-state index >= 15 is 0 Å². The summed E-state index contributed by atoms with van der Waals surface area (Å²) >= 11 is 0. The molecule has 0 unspecified atom stereocenters. The van der Waals surface area contributed by atoms with Gasteiger partial charge >= 0.3 is 0 Å². The Morgan fingerprint density at radius 2 is 1.79 bits per heavy atom. The Morgan fingerprint density at radius 3 is 2.41 bits per heavy atom. The largest absolute Gasteiger partial charge is 1.00 e. The van der Waals surface area contributed by atoms with Crippen molar-refractivity contribution in [3.63, 3.8) is 0 Å². The highest BCUT2D eigenvalue weighted by Gasteiger charge is 2.14. The predicted octanol–water partition coefficient (Wildman–Crippen LogP) is -0.174. The summed E-state index contributed by atoms with van der Waals surface area (Å²) in [6, 6.07) is 16.2. The maximum Gasteiger partial charge on any atom is 0.119 e. The standard InChI is InChI=1S/C23H28N4O.ClH/c1-4-26(5-2)13-14-27-22-12-9-19(17-24)15-21(22)25-23(27)16-18-7-10-20(11-8-18)28-6-3;/h7-12,15H,4-6,13-14,16H2,1-3H3;1H. The molecule has 0 fully saturated rings. The van der Waals surface area contributed by atoms with Crippen molar-refractivity contribution in [3.8, 4) is 11.8 Å². The molecule has 3 aromatic rings. The number of nitrogens with one attached hydrogen (secondary N) is 1. The molecule has 2 aromatic carbocycles. The van der Waals surface area contributed by atoms with Gasteiger partial charge in [-0.15, -0.1) is 0 Å². The first-order valence-electron chi connectivity index (χ1n) is 10.1. The minimum absolute atomic E-state index is 0. The van der Waals surface area contributed by atoms with Crippen LogP contribution in [0.2, 0.25) is 0 Å². The summed E-state index contributed by atoms with van der Waals surface area (Å²) in [5.74, 6) is 1.93. The van der Waals surface area contributed by atoms with Gasteiger partial charge in [0.05, 0.1) is 55.5 Å². The summed E-state index contributed by atoms with van der Waals surface area (Å²) in [5, 5.41) is 9.22. The fraction of sp³-hybridized carbons (Fsp3) is 0.391. The number of benzene rings is 2. The highest BCUT2D eigenvalue weighted by molar-refractivity contribution is 5.77. The molecular formula is C23H29ClN4O. The first kappa shape index (κ1) is 22.7. The number of hydrogen-bond donors (Lipinski definition) is 1. The average Bonchev–Trinajstić information content (AvgIpc) is 3.06. The highest BCUT2D eigenvalue weighted by Crippen LogP contribution is 2.21. The van der Waals surface area contributed by atoms with Crippen LogP contribution in [-0.2, 0) is 13.0 Å². The third-order valence-electron chi connectivity index (χ3n) is 5.24. The van der Waals surface area contributed by atoms with Crippen LogP contribution in [0.4, 0.5) is 0 Å². The number of rotatable bonds is 9. The molecule has 1 N–H and O–H groups in total. The van der Waals surface area contributed by atoms with Crippen LogP contribution in [0.3, 0.4) is 0 Å². The van der Waals surface area contributed by atoms with E-state index in [2.05, 4.69) is 36.6 Å². The molecule has 0 spiro atoms. The predicted molar refractivity (Wildman–Crippen MR) is 112 cm³/mol. The van der Waals surface area contributed by atoms with E-state index in [0.717, 1.165) is 55.2 Å². The Morgan fingerprint density at radius 1 is 1.07 bits per heavy atom. The molecule has 0 atom stereocenters. The van der Waals surface area contributed by atoms with E-state index in [-0.39, 0.29) is 12.4 Å². The summed E-state index contributed by atoms with van der Waals surface area (Å²) in [4.78, 5) is 6.45. The van der Waals surface area contributed by atoms with Gasteiger partial charge in [-0.05, 0) is 56.7 Å². The zero-order valence-corrected chi connectivity index (χ0v) is 18.2. The number of fused-ring (bicyclic) bond motifs is 1. The minimum atomic E-state index is 0. The van der Waals surface area contributed by atoms with Gasteiger partial charge in [0, 0.05) is 6.42 Å². The SMILES string of the molecule is CCOc1ccc(Cc2nc3cc(C#N)ccc3n2CC[NH+](CC)CC)cc1.[Cl-]. The van der Waals surface area contributed by atoms with Gasteiger partial charge in [-0.25, -0.2) is 4.98 Å². The summed E-state index contributed by atoms with van der Waals surface area (Å²) in [6.07, 6.45) is 0.760. The average molecular weight is 413 g/mol. The number of halogens is 1. The van der Waals surface area contributed by atoms with Crippen molar-refractivity contribution in [3.05, 3.63) is 59.4 Å². The molecule has 0 amide bonds. The molecule has 154 valence electrons. The van der Waals surface area contributed by atoms with E-state index in [0.29, 0.717) is 12.2 Å². The van der Waals surface area contributed by atoms with Gasteiger partial charge in [-0.1, -0.05) is 12.1 Å². The van der Waals surface area contributed by atoms with Crippen LogP contribution in [0.25, 0.3) is 11.0 Å². The number of likely N-dealkylation sites (N-methyl/N-ethyl adjacent to an activating group) is 1. The number of nitriles is 1. The first-order valence-corrected chi connectivity index (χ1v) is 10.1. The molecule has 0 saturated carbocycles. The molecule has 3 rings (SSSR count). The summed E-state index contributed by atoms with van der Waals surface area (Å²) < 4.78 is 7.86. The van der Waals surface area contributed by atoms with Crippen LogP contribution >= 0.6 is 0 Å². The third kappa shape index (κ3) is 5.50. The molecule has 6 heteroatoms. The molecule has 1 heterocycles. The van der Waals surface area contributed by atoms with Crippen LogP contribution < -0.4 is 22.0 Å². The van der Waals surface area contributed by atoms with Crippen molar-refractivity contribution in [1.29, 1.82) is 5.26 Å². The molecule has 0 aliphatic rings. The van der Waals surface area contributed by atoms with E-state index < -0.39 is 0 Å². The lowest BCUT2D eigenvalue weighted by molar-refractivity contribution is -0.897. The van der Waals surface area contributed by atoms with E-state index in [9.17, 15) is 5.26 Å². The lowest BCUT2D eigenvalue weighted by Crippen LogP contribution is -3.11. The van der Waals surface area contributed by atoms with Crippen LogP contribution in [0.1, 0.15) is 37.7 Å². The fourth-order valence-corrected chi connectivity index (χ4v) is 3.56. The maximum absolute atomic E-state index is 9.22. The second kappa shape index (κ2) is 10.8. The lowest BCUT2D eigenvalue weighted by atomic mass is 10.1. The number of hydrogen-bond acceptors (Lipinski definition) is 3. The molecule has 0 saturated heterocycles. The topological polar surface area (TPSA) is 55.3 Å². The summed E-state index contributed by atoms with van der Waals surface area (Å²) in [7, 11) is 0.